The molecule has 2 aromatic heterocycles. The van der Waals surface area contributed by atoms with E-state index < -0.39 is 0 Å². The zero-order valence-corrected chi connectivity index (χ0v) is 15.7. The first-order valence-electron chi connectivity index (χ1n) is 8.63. The molecule has 27 heavy (non-hydrogen) atoms. The molecule has 1 aromatic carbocycles. The predicted octanol–water partition coefficient (Wildman–Crippen LogP) is 4.63. The van der Waals surface area contributed by atoms with Crippen LogP contribution >= 0.6 is 11.6 Å². The van der Waals surface area contributed by atoms with Gasteiger partial charge in [-0.15, -0.1) is 0 Å². The molecule has 6 nitrogen and oxygen atoms in total. The van der Waals surface area contributed by atoms with Crippen LogP contribution in [0.1, 0.15) is 6.42 Å². The fourth-order valence-corrected chi connectivity index (χ4v) is 3.15. The van der Waals surface area contributed by atoms with Crippen LogP contribution in [0, 0.1) is 0 Å². The number of pyridine rings is 1. The Morgan fingerprint density at radius 1 is 1.22 bits per heavy atom. The van der Waals surface area contributed by atoms with E-state index in [2.05, 4.69) is 22.0 Å². The number of hydrogen-bond acceptors (Lipinski definition) is 5. The molecule has 0 amide bonds. The Labute approximate surface area is 162 Å². The molecule has 0 unspecified atom stereocenters. The van der Waals surface area contributed by atoms with E-state index in [1.807, 2.05) is 66.8 Å². The van der Waals surface area contributed by atoms with Gasteiger partial charge < -0.3 is 10.2 Å². The van der Waals surface area contributed by atoms with Gasteiger partial charge in [0.2, 0.25) is 0 Å². The van der Waals surface area contributed by atoms with Crippen molar-refractivity contribution >= 4 is 35.1 Å². The van der Waals surface area contributed by atoms with Gasteiger partial charge in [-0.25, -0.2) is 4.98 Å². The largest absolute Gasteiger partial charge is 0.325 e. The third-order valence-electron chi connectivity index (χ3n) is 4.25. The molecule has 4 rings (SSSR count). The molecule has 3 aromatic rings. The smallest absolute Gasteiger partial charge is 0.160 e. The first-order chi connectivity index (χ1) is 13.1. The second-order valence-electron chi connectivity index (χ2n) is 6.25. The fraction of sp³-hybridized carbons (Fsp3) is 0.150. The molecule has 0 saturated carbocycles. The molecule has 0 saturated heterocycles. The fourth-order valence-electron chi connectivity index (χ4n) is 2.96. The lowest BCUT2D eigenvalue weighted by Gasteiger charge is -2.25. The van der Waals surface area contributed by atoms with E-state index in [0.717, 1.165) is 41.5 Å². The summed E-state index contributed by atoms with van der Waals surface area (Å²) < 4.78 is 1.74. The van der Waals surface area contributed by atoms with Gasteiger partial charge in [0, 0.05) is 49.1 Å². The highest BCUT2D eigenvalue weighted by molar-refractivity contribution is 6.30. The molecule has 0 aliphatic carbocycles. The van der Waals surface area contributed by atoms with Crippen LogP contribution in [-0.4, -0.2) is 27.5 Å². The molecule has 0 spiro atoms. The van der Waals surface area contributed by atoms with Crippen LogP contribution in [0.15, 0.2) is 66.1 Å². The van der Waals surface area contributed by atoms with Crippen LogP contribution in [-0.2, 0) is 7.05 Å². The Hall–Kier alpha value is -3.12. The van der Waals surface area contributed by atoms with Crippen molar-refractivity contribution in [2.24, 2.45) is 12.0 Å². The highest BCUT2D eigenvalue weighted by Crippen LogP contribution is 2.34. The number of aliphatic imine (C=N–C) groups is 1. The topological polar surface area (TPSA) is 58.3 Å². The first kappa shape index (κ1) is 17.3. The van der Waals surface area contributed by atoms with E-state index in [0.29, 0.717) is 10.8 Å². The van der Waals surface area contributed by atoms with Gasteiger partial charge in [0.25, 0.3) is 0 Å². The molecule has 1 aliphatic rings. The molecule has 1 N–H and O–H groups in total. The number of benzene rings is 1. The summed E-state index contributed by atoms with van der Waals surface area (Å²) in [6.07, 6.45) is 4.59. The normalized spacial score (nSPS) is 13.2. The summed E-state index contributed by atoms with van der Waals surface area (Å²) in [4.78, 5) is 11.4. The summed E-state index contributed by atoms with van der Waals surface area (Å²) in [6, 6.07) is 13.5. The summed E-state index contributed by atoms with van der Waals surface area (Å²) in [5.74, 6) is 2.20. The molecule has 0 bridgehead atoms. The maximum atomic E-state index is 6.14. The van der Waals surface area contributed by atoms with Crippen molar-refractivity contribution in [3.05, 3.63) is 66.1 Å². The Morgan fingerprint density at radius 2 is 2.11 bits per heavy atom. The molecule has 1 aliphatic heterocycles. The van der Waals surface area contributed by atoms with Crippen molar-refractivity contribution < 1.29 is 0 Å². The Balaban J connectivity index is 1.69. The van der Waals surface area contributed by atoms with Gasteiger partial charge in [-0.1, -0.05) is 30.3 Å². The number of nitrogens with zero attached hydrogens (tertiary/aromatic N) is 5. The van der Waals surface area contributed by atoms with Crippen LogP contribution < -0.4 is 10.2 Å². The van der Waals surface area contributed by atoms with Crippen LogP contribution in [0.4, 0.5) is 17.3 Å². The van der Waals surface area contributed by atoms with E-state index in [-0.39, 0.29) is 0 Å². The van der Waals surface area contributed by atoms with E-state index in [4.69, 9.17) is 16.6 Å². The molecular formula is C20H19ClN6. The van der Waals surface area contributed by atoms with E-state index in [9.17, 15) is 0 Å². The number of aryl methyl sites for hydroxylation is 1. The van der Waals surface area contributed by atoms with Gasteiger partial charge in [-0.2, -0.15) is 5.10 Å². The molecule has 136 valence electrons. The van der Waals surface area contributed by atoms with Crippen molar-refractivity contribution in [2.45, 2.75) is 6.42 Å². The van der Waals surface area contributed by atoms with Gasteiger partial charge in [-0.3, -0.25) is 9.67 Å². The number of rotatable bonds is 4. The second-order valence-corrected chi connectivity index (χ2v) is 6.68. The Morgan fingerprint density at radius 3 is 2.89 bits per heavy atom. The summed E-state index contributed by atoms with van der Waals surface area (Å²) in [5, 5.41) is 8.28. The SMILES string of the molecule is C=C(Nc1ccn(C)n1)N1CCC=Nc2ccc(-c3cccc(Cl)c3)nc21. The standard InChI is InChI=1S/C20H19ClN6/c1-14(23-19-9-12-26(2)25-19)27-11-4-10-22-18-8-7-17(24-20(18)27)15-5-3-6-16(21)13-15/h3,5-10,12-13H,1,4,11H2,2H3,(H,23,25). The molecule has 7 heteroatoms. The van der Waals surface area contributed by atoms with E-state index in [1.54, 1.807) is 4.68 Å². The number of aromatic nitrogens is 3. The molecule has 0 atom stereocenters. The Bertz CT molecular complexity index is 1020. The summed E-state index contributed by atoms with van der Waals surface area (Å²) in [5.41, 5.74) is 2.60. The monoisotopic (exact) mass is 378 g/mol. The highest BCUT2D eigenvalue weighted by Gasteiger charge is 2.19. The van der Waals surface area contributed by atoms with Gasteiger partial charge >= 0.3 is 0 Å². The average Bonchev–Trinajstić information content (AvgIpc) is 2.94. The summed E-state index contributed by atoms with van der Waals surface area (Å²) in [7, 11) is 1.88. The number of anilines is 2. The maximum absolute atomic E-state index is 6.14. The van der Waals surface area contributed by atoms with Gasteiger partial charge in [0.15, 0.2) is 11.6 Å². The third-order valence-corrected chi connectivity index (χ3v) is 4.49. The van der Waals surface area contributed by atoms with Crippen LogP contribution in [0.5, 0.6) is 0 Å². The second kappa shape index (κ2) is 7.25. The van der Waals surface area contributed by atoms with Gasteiger partial charge in [0.05, 0.1) is 5.69 Å². The predicted molar refractivity (Wildman–Crippen MR) is 111 cm³/mol. The van der Waals surface area contributed by atoms with Gasteiger partial charge in [-0.05, 0) is 24.3 Å². The summed E-state index contributed by atoms with van der Waals surface area (Å²) in [6.45, 7) is 4.91. The van der Waals surface area contributed by atoms with Crippen LogP contribution in [0.2, 0.25) is 5.02 Å². The Kier molecular flexibility index (Phi) is 4.64. The first-order valence-corrected chi connectivity index (χ1v) is 9.00. The molecule has 3 heterocycles. The van der Waals surface area contributed by atoms with Crippen molar-refractivity contribution in [2.75, 3.05) is 16.8 Å². The third kappa shape index (κ3) is 3.71. The van der Waals surface area contributed by atoms with Crippen molar-refractivity contribution in [3.8, 4) is 11.3 Å². The number of hydrogen-bond donors (Lipinski definition) is 1. The van der Waals surface area contributed by atoms with Crippen molar-refractivity contribution in [3.63, 3.8) is 0 Å². The minimum absolute atomic E-state index is 0.681. The lowest BCUT2D eigenvalue weighted by molar-refractivity contribution is 0.769. The van der Waals surface area contributed by atoms with Crippen molar-refractivity contribution in [1.82, 2.24) is 14.8 Å². The molecule has 0 radical (unpaired) electrons. The quantitative estimate of drug-likeness (QED) is 0.719. The van der Waals surface area contributed by atoms with Gasteiger partial charge in [0.1, 0.15) is 11.5 Å². The van der Waals surface area contributed by atoms with E-state index in [1.165, 1.54) is 0 Å². The zero-order valence-electron chi connectivity index (χ0n) is 14.9. The molecular weight excluding hydrogens is 360 g/mol. The lowest BCUT2D eigenvalue weighted by Crippen LogP contribution is -2.28. The highest BCUT2D eigenvalue weighted by atomic mass is 35.5. The summed E-state index contributed by atoms with van der Waals surface area (Å²) >= 11 is 6.14. The van der Waals surface area contributed by atoms with E-state index >= 15 is 0 Å². The van der Waals surface area contributed by atoms with Crippen molar-refractivity contribution in [1.29, 1.82) is 0 Å². The van der Waals surface area contributed by atoms with Crippen LogP contribution in [0.3, 0.4) is 0 Å². The average molecular weight is 379 g/mol. The minimum atomic E-state index is 0.681. The number of halogens is 1. The number of fused-ring (bicyclic) bond motifs is 1. The maximum Gasteiger partial charge on any atom is 0.160 e. The number of nitrogens with one attached hydrogen (secondary N) is 1. The minimum Gasteiger partial charge on any atom is -0.325 e. The zero-order chi connectivity index (χ0) is 18.8. The van der Waals surface area contributed by atoms with Crippen LogP contribution in [0.25, 0.3) is 11.3 Å². The lowest BCUT2D eigenvalue weighted by atomic mass is 10.1. The molecule has 0 fully saturated rings.